The molecule has 2 atom stereocenters. The van der Waals surface area contributed by atoms with Crippen molar-refractivity contribution in [1.29, 1.82) is 0 Å². The van der Waals surface area contributed by atoms with E-state index in [-0.39, 0.29) is 86.3 Å². The van der Waals surface area contributed by atoms with Gasteiger partial charge in [0, 0.05) is 0 Å². The normalized spacial score (nSPS) is 13.6. The van der Waals surface area contributed by atoms with Crippen molar-refractivity contribution < 1.29 is 75.4 Å². The van der Waals surface area contributed by atoms with E-state index in [0.717, 1.165) is 26.2 Å². The van der Waals surface area contributed by atoms with E-state index in [1.54, 1.807) is 0 Å². The molecule has 0 fully saturated rings. The molecule has 0 amide bonds. The Morgan fingerprint density at radius 1 is 0.636 bits per heavy atom. The summed E-state index contributed by atoms with van der Waals surface area (Å²) in [6, 6.07) is 0. The van der Waals surface area contributed by atoms with E-state index in [2.05, 4.69) is 66.0 Å². The Morgan fingerprint density at radius 2 is 0.864 bits per heavy atom. The summed E-state index contributed by atoms with van der Waals surface area (Å²) in [5.74, 6) is 0.764. The number of nitrogens with zero attached hydrogens (tertiary/aromatic N) is 2. The van der Waals surface area contributed by atoms with Crippen molar-refractivity contribution in [2.45, 2.75) is 41.5 Å². The SMILES string of the molecule is [CH2-]C(C[N-]CC[N-]CC([CH2-])C(C)(C)C)C(C)(C)C.[Li+].[Li+].[Li+].[Li+]. The van der Waals surface area contributed by atoms with Gasteiger partial charge in [-0.3, -0.25) is 0 Å². The molecular formula is C16H32Li4N2. The second-order valence-corrected chi connectivity index (χ2v) is 7.39. The van der Waals surface area contributed by atoms with Crippen molar-refractivity contribution in [1.82, 2.24) is 0 Å². The van der Waals surface area contributed by atoms with E-state index in [1.165, 1.54) is 0 Å². The summed E-state index contributed by atoms with van der Waals surface area (Å²) < 4.78 is 0. The monoisotopic (exact) mass is 280 g/mol. The molecule has 0 aliphatic heterocycles. The summed E-state index contributed by atoms with van der Waals surface area (Å²) >= 11 is 0. The summed E-state index contributed by atoms with van der Waals surface area (Å²) in [4.78, 5) is 0. The van der Waals surface area contributed by atoms with Crippen LogP contribution in [0.4, 0.5) is 0 Å². The maximum Gasteiger partial charge on any atom is 1.00 e. The largest absolute Gasteiger partial charge is 1.00 e. The van der Waals surface area contributed by atoms with Crippen molar-refractivity contribution >= 4 is 0 Å². The molecule has 0 aliphatic carbocycles. The molecule has 22 heavy (non-hydrogen) atoms. The molecule has 0 N–H and O–H groups in total. The third-order valence-electron chi connectivity index (χ3n) is 3.56. The molecule has 0 aromatic rings. The zero-order valence-electron chi connectivity index (χ0n) is 17.3. The van der Waals surface area contributed by atoms with Crippen molar-refractivity contribution in [3.8, 4) is 0 Å². The Balaban J connectivity index is -0.000000241. The fourth-order valence-corrected chi connectivity index (χ4v) is 1.18. The molecule has 0 saturated heterocycles. The van der Waals surface area contributed by atoms with Crippen LogP contribution in [0, 0.1) is 36.5 Å². The molecule has 0 aromatic heterocycles. The Labute approximate surface area is 189 Å². The van der Waals surface area contributed by atoms with Crippen LogP contribution in [0.1, 0.15) is 41.5 Å². The van der Waals surface area contributed by atoms with E-state index in [1.807, 2.05) is 0 Å². The van der Waals surface area contributed by atoms with Crippen LogP contribution in [0.2, 0.25) is 0 Å². The Bertz CT molecular complexity index is 201. The first kappa shape index (κ1) is 35.4. The van der Waals surface area contributed by atoms with Gasteiger partial charge in [-0.1, -0.05) is 52.4 Å². The van der Waals surface area contributed by atoms with Gasteiger partial charge in [0.05, 0.1) is 0 Å². The Morgan fingerprint density at radius 3 is 1.05 bits per heavy atom. The molecule has 6 heteroatoms. The average molecular weight is 280 g/mol. The fraction of sp³-hybridized carbons (Fsp3) is 0.875. The van der Waals surface area contributed by atoms with Crippen molar-refractivity contribution in [3.05, 3.63) is 24.5 Å². The second-order valence-electron chi connectivity index (χ2n) is 7.39. The summed E-state index contributed by atoms with van der Waals surface area (Å²) in [7, 11) is 0. The smallest absolute Gasteiger partial charge is 0.665 e. The van der Waals surface area contributed by atoms with Crippen LogP contribution in [0.25, 0.3) is 10.6 Å². The maximum atomic E-state index is 4.52. The van der Waals surface area contributed by atoms with Crippen LogP contribution < -0.4 is 75.4 Å². The van der Waals surface area contributed by atoms with E-state index in [9.17, 15) is 0 Å². The van der Waals surface area contributed by atoms with E-state index < -0.39 is 0 Å². The quantitative estimate of drug-likeness (QED) is 0.252. The predicted octanol–water partition coefficient (Wildman–Crippen LogP) is -7.26. The molecular weight excluding hydrogens is 248 g/mol. The molecule has 0 aromatic carbocycles. The van der Waals surface area contributed by atoms with Gasteiger partial charge in [-0.2, -0.15) is 38.0 Å². The first-order valence-electron chi connectivity index (χ1n) is 6.98. The molecule has 2 nitrogen and oxygen atoms in total. The molecule has 2 unspecified atom stereocenters. The Kier molecular flexibility index (Phi) is 27.0. The molecule has 0 saturated carbocycles. The zero-order chi connectivity index (χ0) is 14.4. The minimum atomic E-state index is 0. The second kappa shape index (κ2) is 16.8. The molecule has 0 rings (SSSR count). The number of hydrogen-bond donors (Lipinski definition) is 0. The van der Waals surface area contributed by atoms with E-state index in [0.29, 0.717) is 11.8 Å². The molecule has 0 radical (unpaired) electrons. The molecule has 0 spiro atoms. The van der Waals surface area contributed by atoms with Crippen LogP contribution in [-0.2, 0) is 0 Å². The van der Waals surface area contributed by atoms with Gasteiger partial charge in [0.2, 0.25) is 0 Å². The van der Waals surface area contributed by atoms with Gasteiger partial charge < -0.3 is 24.5 Å². The van der Waals surface area contributed by atoms with Crippen molar-refractivity contribution in [2.75, 3.05) is 26.2 Å². The zero-order valence-corrected chi connectivity index (χ0v) is 17.3. The summed E-state index contributed by atoms with van der Waals surface area (Å²) in [6.07, 6.45) is 0. The summed E-state index contributed by atoms with van der Waals surface area (Å²) in [5, 5.41) is 9.04. The maximum absolute atomic E-state index is 4.52. The molecule has 110 valence electrons. The van der Waals surface area contributed by atoms with E-state index in [4.69, 9.17) is 0 Å². The number of rotatable bonds is 7. The summed E-state index contributed by atoms with van der Waals surface area (Å²) in [5.41, 5.74) is 0.483. The average Bonchev–Trinajstić information content (AvgIpc) is 2.19. The van der Waals surface area contributed by atoms with Crippen LogP contribution in [0.15, 0.2) is 0 Å². The van der Waals surface area contributed by atoms with Gasteiger partial charge in [0.25, 0.3) is 0 Å². The summed E-state index contributed by atoms with van der Waals surface area (Å²) in [6.45, 7) is 24.9. The van der Waals surface area contributed by atoms with E-state index >= 15 is 0 Å². The third kappa shape index (κ3) is 18.6. The first-order valence-corrected chi connectivity index (χ1v) is 6.98. The van der Waals surface area contributed by atoms with Crippen molar-refractivity contribution in [3.63, 3.8) is 0 Å². The van der Waals surface area contributed by atoms with Gasteiger partial charge in [-0.25, -0.2) is 0 Å². The van der Waals surface area contributed by atoms with Gasteiger partial charge in [-0.05, 0) is 0 Å². The van der Waals surface area contributed by atoms with Gasteiger partial charge in [0.15, 0.2) is 0 Å². The minimum absolute atomic E-state index is 0. The minimum Gasteiger partial charge on any atom is -0.665 e. The molecule has 0 aliphatic rings. The topological polar surface area (TPSA) is 28.2 Å². The Hall–Kier alpha value is 2.31. The van der Waals surface area contributed by atoms with Crippen molar-refractivity contribution in [2.24, 2.45) is 22.7 Å². The van der Waals surface area contributed by atoms with Gasteiger partial charge in [0.1, 0.15) is 0 Å². The predicted molar refractivity (Wildman–Crippen MR) is 82.8 cm³/mol. The number of hydrogen-bond acceptors (Lipinski definition) is 0. The van der Waals surface area contributed by atoms with Crippen LogP contribution in [0.5, 0.6) is 0 Å². The fourth-order valence-electron chi connectivity index (χ4n) is 1.18. The van der Waals surface area contributed by atoms with Crippen LogP contribution in [0.3, 0.4) is 0 Å². The third-order valence-corrected chi connectivity index (χ3v) is 3.56. The molecule has 0 heterocycles. The van der Waals surface area contributed by atoms with Crippen LogP contribution >= 0.6 is 0 Å². The van der Waals surface area contributed by atoms with Gasteiger partial charge >= 0.3 is 75.4 Å². The molecule has 0 bridgehead atoms. The van der Waals surface area contributed by atoms with Gasteiger partial charge in [-0.15, -0.1) is 0 Å². The first-order chi connectivity index (χ1) is 8.05. The van der Waals surface area contributed by atoms with Crippen LogP contribution in [-0.4, -0.2) is 26.2 Å². The standard InChI is InChI=1S/C16H32N2.4Li/c1-13(15(3,4)5)11-17-9-10-18-12-14(2)16(6,7)8;;;;/h13-14H,1-2,9-12H2,3-8H3;;;;/q-4;4*+1.